The maximum Gasteiger partial charge on any atom is 0.256 e. The molecule has 0 aliphatic carbocycles. The fourth-order valence-corrected chi connectivity index (χ4v) is 2.08. The van der Waals surface area contributed by atoms with Crippen LogP contribution >= 0.6 is 0 Å². The van der Waals surface area contributed by atoms with Crippen LogP contribution in [0.3, 0.4) is 0 Å². The van der Waals surface area contributed by atoms with E-state index in [1.165, 1.54) is 17.1 Å². The van der Waals surface area contributed by atoms with Crippen molar-refractivity contribution in [1.82, 2.24) is 0 Å². The van der Waals surface area contributed by atoms with Gasteiger partial charge in [0.1, 0.15) is 5.82 Å². The van der Waals surface area contributed by atoms with Gasteiger partial charge in [-0.1, -0.05) is 6.92 Å². The highest BCUT2D eigenvalue weighted by Crippen LogP contribution is 2.26. The Labute approximate surface area is 105 Å². The Hall–Kier alpha value is -1.75. The molecule has 2 N–H and O–H groups in total. The summed E-state index contributed by atoms with van der Waals surface area (Å²) in [5, 5.41) is 5.66. The number of hydrogen-bond acceptors (Lipinski definition) is 3. The molecule has 1 amide bonds. The van der Waals surface area contributed by atoms with Gasteiger partial charge in [-0.05, 0) is 43.7 Å². The Bertz CT molecular complexity index is 470. The molecule has 4 nitrogen and oxygen atoms in total. The summed E-state index contributed by atoms with van der Waals surface area (Å²) in [7, 11) is 0. The molecule has 0 radical (unpaired) electrons. The van der Waals surface area contributed by atoms with Gasteiger partial charge in [0, 0.05) is 0 Å². The van der Waals surface area contributed by atoms with E-state index in [4.69, 9.17) is 5.73 Å². The van der Waals surface area contributed by atoms with Crippen molar-refractivity contribution in [3.63, 3.8) is 0 Å². The van der Waals surface area contributed by atoms with E-state index in [0.29, 0.717) is 25.1 Å². The van der Waals surface area contributed by atoms with Crippen molar-refractivity contribution >= 4 is 17.3 Å². The number of benzene rings is 1. The van der Waals surface area contributed by atoms with Crippen molar-refractivity contribution in [2.45, 2.75) is 19.8 Å². The van der Waals surface area contributed by atoms with Gasteiger partial charge in [-0.3, -0.25) is 4.79 Å². The Morgan fingerprint density at radius 3 is 2.61 bits per heavy atom. The van der Waals surface area contributed by atoms with E-state index in [9.17, 15) is 9.18 Å². The molecular weight excluding hydrogens is 233 g/mol. The van der Waals surface area contributed by atoms with Crippen molar-refractivity contribution < 1.29 is 9.18 Å². The molecule has 0 bridgehead atoms. The summed E-state index contributed by atoms with van der Waals surface area (Å²) in [6, 6.07) is 5.74. The number of halogens is 1. The van der Waals surface area contributed by atoms with E-state index in [2.05, 4.69) is 5.10 Å². The average Bonchev–Trinajstić information content (AvgIpc) is 2.69. The molecule has 1 aromatic rings. The summed E-state index contributed by atoms with van der Waals surface area (Å²) in [5.74, 6) is -0.641. The van der Waals surface area contributed by atoms with E-state index in [0.717, 1.165) is 5.71 Å². The lowest BCUT2D eigenvalue weighted by molar-refractivity contribution is -0.119. The lowest BCUT2D eigenvalue weighted by Crippen LogP contribution is -2.29. The predicted octanol–water partition coefficient (Wildman–Crippen LogP) is 1.90. The van der Waals surface area contributed by atoms with E-state index < -0.39 is 0 Å². The zero-order chi connectivity index (χ0) is 13.1. The molecule has 0 spiro atoms. The minimum Gasteiger partial charge on any atom is -0.330 e. The molecule has 0 saturated carbocycles. The van der Waals surface area contributed by atoms with Crippen molar-refractivity contribution in [1.29, 1.82) is 0 Å². The van der Waals surface area contributed by atoms with Gasteiger partial charge in [0.15, 0.2) is 0 Å². The lowest BCUT2D eigenvalue weighted by atomic mass is 9.98. The van der Waals surface area contributed by atoms with Gasteiger partial charge in [0.25, 0.3) is 5.91 Å². The summed E-state index contributed by atoms with van der Waals surface area (Å²) in [6.45, 7) is 2.41. The minimum atomic E-state index is -0.330. The van der Waals surface area contributed by atoms with Gasteiger partial charge in [0.2, 0.25) is 0 Å². The largest absolute Gasteiger partial charge is 0.330 e. The molecule has 96 valence electrons. The third-order valence-corrected chi connectivity index (χ3v) is 3.03. The van der Waals surface area contributed by atoms with Gasteiger partial charge >= 0.3 is 0 Å². The minimum absolute atomic E-state index is 0.0797. The lowest BCUT2D eigenvalue weighted by Gasteiger charge is -2.13. The number of rotatable bonds is 4. The highest BCUT2D eigenvalue weighted by molar-refractivity contribution is 6.15. The third kappa shape index (κ3) is 2.26. The fraction of sp³-hybridized carbons (Fsp3) is 0.385. The smallest absolute Gasteiger partial charge is 0.256 e. The van der Waals surface area contributed by atoms with Crippen molar-refractivity contribution in [2.24, 2.45) is 16.8 Å². The molecule has 0 fully saturated rings. The van der Waals surface area contributed by atoms with Crippen molar-refractivity contribution in [2.75, 3.05) is 11.6 Å². The quantitative estimate of drug-likeness (QED) is 0.886. The molecular formula is C13H16FN3O. The first-order valence-electron chi connectivity index (χ1n) is 6.04. The summed E-state index contributed by atoms with van der Waals surface area (Å²) in [6.07, 6.45) is 1.32. The molecule has 18 heavy (non-hydrogen) atoms. The van der Waals surface area contributed by atoms with Crippen molar-refractivity contribution in [3.05, 3.63) is 30.1 Å². The van der Waals surface area contributed by atoms with Crippen LogP contribution < -0.4 is 10.7 Å². The predicted molar refractivity (Wildman–Crippen MR) is 68.8 cm³/mol. The number of anilines is 1. The molecule has 1 atom stereocenters. The van der Waals surface area contributed by atoms with Crippen LogP contribution in [0.4, 0.5) is 10.1 Å². The Morgan fingerprint density at radius 2 is 2.06 bits per heavy atom. The summed E-state index contributed by atoms with van der Waals surface area (Å²) in [5.41, 5.74) is 6.95. The number of amides is 1. The van der Waals surface area contributed by atoms with Gasteiger partial charge in [0.05, 0.1) is 17.3 Å². The molecule has 5 heteroatoms. The molecule has 1 aliphatic heterocycles. The normalized spacial score (nSPS) is 19.3. The van der Waals surface area contributed by atoms with Crippen LogP contribution in [0, 0.1) is 11.7 Å². The first-order valence-corrected chi connectivity index (χ1v) is 6.04. The van der Waals surface area contributed by atoms with E-state index in [1.807, 2.05) is 6.92 Å². The Morgan fingerprint density at radius 1 is 1.39 bits per heavy atom. The fourth-order valence-electron chi connectivity index (χ4n) is 2.08. The number of hydrazone groups is 1. The summed E-state index contributed by atoms with van der Waals surface area (Å²) in [4.78, 5) is 12.2. The number of nitrogens with two attached hydrogens (primary N) is 1. The second-order valence-electron chi connectivity index (χ2n) is 4.20. The van der Waals surface area contributed by atoms with Crippen LogP contribution in [-0.2, 0) is 4.79 Å². The highest BCUT2D eigenvalue weighted by atomic mass is 19.1. The van der Waals surface area contributed by atoms with Crippen LogP contribution in [0.2, 0.25) is 0 Å². The zero-order valence-corrected chi connectivity index (χ0v) is 10.3. The number of nitrogens with zero attached hydrogens (tertiary/aromatic N) is 2. The van der Waals surface area contributed by atoms with Gasteiger partial charge < -0.3 is 5.73 Å². The summed E-state index contributed by atoms with van der Waals surface area (Å²) >= 11 is 0. The Kier molecular flexibility index (Phi) is 3.72. The standard InChI is InChI=1S/C13H16FN3O/c1-2-12-11(7-8-15)13(18)17(16-12)10-5-3-9(14)4-6-10/h3-6,11H,2,7-8,15H2,1H3. The van der Waals surface area contributed by atoms with E-state index >= 15 is 0 Å². The number of carbonyl (C=O) groups excluding carboxylic acids is 1. The maximum absolute atomic E-state index is 12.9. The van der Waals surface area contributed by atoms with Crippen LogP contribution in [0.1, 0.15) is 19.8 Å². The second kappa shape index (κ2) is 5.27. The number of hydrogen-bond donors (Lipinski definition) is 1. The van der Waals surface area contributed by atoms with Crippen molar-refractivity contribution in [3.8, 4) is 0 Å². The number of carbonyl (C=O) groups is 1. The third-order valence-electron chi connectivity index (χ3n) is 3.03. The monoisotopic (exact) mass is 249 g/mol. The van der Waals surface area contributed by atoms with E-state index in [1.54, 1.807) is 12.1 Å². The zero-order valence-electron chi connectivity index (χ0n) is 10.3. The molecule has 1 unspecified atom stereocenters. The molecule has 2 rings (SSSR count). The second-order valence-corrected chi connectivity index (χ2v) is 4.20. The Balaban J connectivity index is 2.27. The topological polar surface area (TPSA) is 58.7 Å². The molecule has 1 aromatic carbocycles. The van der Waals surface area contributed by atoms with E-state index in [-0.39, 0.29) is 17.6 Å². The first kappa shape index (κ1) is 12.7. The first-order chi connectivity index (χ1) is 8.67. The molecule has 0 saturated heterocycles. The van der Waals surface area contributed by atoms with Gasteiger partial charge in [-0.25, -0.2) is 9.40 Å². The maximum atomic E-state index is 12.9. The molecule has 1 aliphatic rings. The van der Waals surface area contributed by atoms with Gasteiger partial charge in [-0.15, -0.1) is 0 Å². The van der Waals surface area contributed by atoms with Crippen LogP contribution in [-0.4, -0.2) is 18.2 Å². The van der Waals surface area contributed by atoms with Crippen LogP contribution in [0.15, 0.2) is 29.4 Å². The summed E-state index contributed by atoms with van der Waals surface area (Å²) < 4.78 is 12.9. The average molecular weight is 249 g/mol. The van der Waals surface area contributed by atoms with Crippen LogP contribution in [0.5, 0.6) is 0 Å². The van der Waals surface area contributed by atoms with Crippen LogP contribution in [0.25, 0.3) is 0 Å². The molecule has 0 aromatic heterocycles. The molecule has 1 heterocycles. The highest BCUT2D eigenvalue weighted by Gasteiger charge is 2.34. The van der Waals surface area contributed by atoms with Gasteiger partial charge in [-0.2, -0.15) is 5.10 Å². The SMILES string of the molecule is CCC1=NN(c2ccc(F)cc2)C(=O)C1CCN.